The SMILES string of the molecule is CCO[Si](C)(C)CC[Si](C)(C)O[Si](C)(C)CC[Si](C)(C)OCC. The Bertz CT molecular complexity index is 312. The van der Waals surface area contributed by atoms with E-state index >= 15 is 0 Å². The molecular formula is C16H42O3Si4. The van der Waals surface area contributed by atoms with E-state index in [2.05, 4.69) is 66.2 Å². The minimum Gasteiger partial charge on any atom is -0.456 e. The summed E-state index contributed by atoms with van der Waals surface area (Å²) < 4.78 is 18.7. The van der Waals surface area contributed by atoms with Crippen LogP contribution in [0.2, 0.25) is 76.6 Å². The molecule has 0 fully saturated rings. The molecule has 140 valence electrons. The molecule has 0 radical (unpaired) electrons. The minimum absolute atomic E-state index is 0.847. The molecule has 23 heavy (non-hydrogen) atoms. The van der Waals surface area contributed by atoms with Gasteiger partial charge in [-0.05, 0) is 90.4 Å². The second kappa shape index (κ2) is 9.45. The zero-order valence-corrected chi connectivity index (χ0v) is 21.5. The van der Waals surface area contributed by atoms with Gasteiger partial charge in [0, 0.05) is 13.2 Å². The fraction of sp³-hybridized carbons (Fsp3) is 1.00. The van der Waals surface area contributed by atoms with Crippen molar-refractivity contribution in [3.05, 3.63) is 0 Å². The van der Waals surface area contributed by atoms with E-state index in [4.69, 9.17) is 13.0 Å². The van der Waals surface area contributed by atoms with Crippen molar-refractivity contribution in [2.75, 3.05) is 13.2 Å². The Hall–Kier alpha value is 0.748. The van der Waals surface area contributed by atoms with Crippen molar-refractivity contribution < 1.29 is 13.0 Å². The third-order valence-electron chi connectivity index (χ3n) is 4.28. The van der Waals surface area contributed by atoms with E-state index in [1.807, 2.05) is 0 Å². The molecule has 0 aromatic heterocycles. The van der Waals surface area contributed by atoms with E-state index in [-0.39, 0.29) is 0 Å². The third-order valence-corrected chi connectivity index (χ3v) is 17.7. The average molecular weight is 395 g/mol. The lowest BCUT2D eigenvalue weighted by Crippen LogP contribution is -2.46. The van der Waals surface area contributed by atoms with Crippen LogP contribution < -0.4 is 0 Å². The lowest BCUT2D eigenvalue weighted by Gasteiger charge is -2.37. The van der Waals surface area contributed by atoms with Gasteiger partial charge in [0.05, 0.1) is 0 Å². The smallest absolute Gasteiger partial charge is 0.186 e. The first-order valence-corrected chi connectivity index (χ1v) is 21.7. The highest BCUT2D eigenvalue weighted by Crippen LogP contribution is 2.29. The van der Waals surface area contributed by atoms with Crippen LogP contribution in [0.15, 0.2) is 0 Å². The summed E-state index contributed by atoms with van der Waals surface area (Å²) in [5.41, 5.74) is 0. The number of hydrogen-bond donors (Lipinski definition) is 0. The quantitative estimate of drug-likeness (QED) is 0.386. The highest BCUT2D eigenvalue weighted by Gasteiger charge is 2.36. The lowest BCUT2D eigenvalue weighted by atomic mass is 10.9. The van der Waals surface area contributed by atoms with Crippen molar-refractivity contribution in [2.45, 2.75) is 90.4 Å². The summed E-state index contributed by atoms with van der Waals surface area (Å²) in [4.78, 5) is 0. The molecule has 0 rings (SSSR count). The van der Waals surface area contributed by atoms with Crippen LogP contribution in [0.5, 0.6) is 0 Å². The fourth-order valence-electron chi connectivity index (χ4n) is 2.98. The highest BCUT2D eigenvalue weighted by molar-refractivity contribution is 6.86. The molecule has 0 atom stereocenters. The summed E-state index contributed by atoms with van der Waals surface area (Å²) in [5.74, 6) is 0. The van der Waals surface area contributed by atoms with Gasteiger partial charge >= 0.3 is 0 Å². The summed E-state index contributed by atoms with van der Waals surface area (Å²) in [6.07, 6.45) is 0. The molecule has 0 aromatic carbocycles. The Morgan fingerprint density at radius 3 is 1.00 bits per heavy atom. The Labute approximate surface area is 150 Å². The molecule has 7 heteroatoms. The van der Waals surface area contributed by atoms with Crippen molar-refractivity contribution in [3.8, 4) is 0 Å². The van der Waals surface area contributed by atoms with Crippen molar-refractivity contribution in [1.29, 1.82) is 0 Å². The van der Waals surface area contributed by atoms with Gasteiger partial charge in [-0.15, -0.1) is 0 Å². The molecular weight excluding hydrogens is 353 g/mol. The molecule has 0 aliphatic heterocycles. The maximum absolute atomic E-state index is 6.78. The first-order valence-electron chi connectivity index (χ1n) is 9.22. The molecule has 0 bridgehead atoms. The van der Waals surface area contributed by atoms with Crippen LogP contribution in [0, 0.1) is 0 Å². The summed E-state index contributed by atoms with van der Waals surface area (Å²) >= 11 is 0. The van der Waals surface area contributed by atoms with E-state index < -0.39 is 33.3 Å². The van der Waals surface area contributed by atoms with Gasteiger partial charge in [0.25, 0.3) is 0 Å². The van der Waals surface area contributed by atoms with Crippen LogP contribution in [0.1, 0.15) is 13.8 Å². The number of hydrogen-bond acceptors (Lipinski definition) is 3. The summed E-state index contributed by atoms with van der Waals surface area (Å²) in [6, 6.07) is 4.91. The topological polar surface area (TPSA) is 27.7 Å². The molecule has 0 spiro atoms. The first-order chi connectivity index (χ1) is 10.2. The average Bonchev–Trinajstić information content (AvgIpc) is 2.34. The Balaban J connectivity index is 4.50. The predicted octanol–water partition coefficient (Wildman–Crippen LogP) is 5.90. The van der Waals surface area contributed by atoms with Gasteiger partial charge in [-0.2, -0.15) is 0 Å². The van der Waals surface area contributed by atoms with Crippen LogP contribution in [0.3, 0.4) is 0 Å². The van der Waals surface area contributed by atoms with Crippen molar-refractivity contribution >= 4 is 33.3 Å². The largest absolute Gasteiger partial charge is 0.456 e. The van der Waals surface area contributed by atoms with Crippen LogP contribution in [-0.4, -0.2) is 46.5 Å². The molecule has 0 saturated carbocycles. The van der Waals surface area contributed by atoms with Crippen LogP contribution in [0.4, 0.5) is 0 Å². The third kappa shape index (κ3) is 11.8. The van der Waals surface area contributed by atoms with Gasteiger partial charge in [0.15, 0.2) is 33.3 Å². The van der Waals surface area contributed by atoms with Crippen LogP contribution >= 0.6 is 0 Å². The van der Waals surface area contributed by atoms with Crippen molar-refractivity contribution in [3.63, 3.8) is 0 Å². The van der Waals surface area contributed by atoms with E-state index in [0.717, 1.165) is 13.2 Å². The molecule has 0 saturated heterocycles. The maximum Gasteiger partial charge on any atom is 0.186 e. The van der Waals surface area contributed by atoms with E-state index in [0.29, 0.717) is 0 Å². The van der Waals surface area contributed by atoms with Gasteiger partial charge in [0.2, 0.25) is 0 Å². The van der Waals surface area contributed by atoms with E-state index in [9.17, 15) is 0 Å². The van der Waals surface area contributed by atoms with E-state index in [1.165, 1.54) is 24.2 Å². The zero-order chi connectivity index (χ0) is 18.4. The number of rotatable bonds is 12. The highest BCUT2D eigenvalue weighted by atomic mass is 28.4. The normalized spacial score (nSPS) is 14.3. The monoisotopic (exact) mass is 394 g/mol. The Morgan fingerprint density at radius 1 is 0.478 bits per heavy atom. The molecule has 3 nitrogen and oxygen atoms in total. The Kier molecular flexibility index (Phi) is 9.75. The van der Waals surface area contributed by atoms with Crippen molar-refractivity contribution in [2.24, 2.45) is 0 Å². The predicted molar refractivity (Wildman–Crippen MR) is 113 cm³/mol. The second-order valence-corrected chi connectivity index (χ2v) is 26.5. The van der Waals surface area contributed by atoms with Crippen LogP contribution in [0.25, 0.3) is 0 Å². The van der Waals surface area contributed by atoms with E-state index in [1.54, 1.807) is 0 Å². The molecule has 0 aliphatic carbocycles. The molecule has 0 aromatic rings. The fourth-order valence-corrected chi connectivity index (χ4v) is 21.3. The standard InChI is InChI=1S/C16H42O3Si4/c1-11-17-20(3,4)13-15-22(7,8)19-23(9,10)16-14-21(5,6)18-12-2/h11-16H2,1-10H3. The van der Waals surface area contributed by atoms with Gasteiger partial charge in [-0.25, -0.2) is 0 Å². The summed E-state index contributed by atoms with van der Waals surface area (Å²) in [7, 11) is -6.18. The zero-order valence-electron chi connectivity index (χ0n) is 17.5. The first kappa shape index (κ1) is 23.7. The second-order valence-electron chi connectivity index (χ2n) is 9.01. The minimum atomic E-state index is -1.60. The molecule has 0 amide bonds. The summed E-state index contributed by atoms with van der Waals surface area (Å²) in [5, 5.41) is 0. The lowest BCUT2D eigenvalue weighted by molar-refractivity contribution is 0.329. The van der Waals surface area contributed by atoms with Crippen molar-refractivity contribution in [1.82, 2.24) is 0 Å². The van der Waals surface area contributed by atoms with Gasteiger partial charge in [-0.3, -0.25) is 0 Å². The molecule has 0 heterocycles. The summed E-state index contributed by atoms with van der Waals surface area (Å²) in [6.45, 7) is 24.8. The maximum atomic E-state index is 6.78. The molecule has 0 aliphatic rings. The van der Waals surface area contributed by atoms with Gasteiger partial charge in [0.1, 0.15) is 0 Å². The molecule has 0 N–H and O–H groups in total. The van der Waals surface area contributed by atoms with Crippen LogP contribution in [-0.2, 0) is 13.0 Å². The van der Waals surface area contributed by atoms with Gasteiger partial charge in [-0.1, -0.05) is 0 Å². The van der Waals surface area contributed by atoms with Gasteiger partial charge < -0.3 is 13.0 Å². The Morgan fingerprint density at radius 2 is 0.739 bits per heavy atom. The molecule has 0 unspecified atom stereocenters.